The molecule has 1 aromatic carbocycles. The van der Waals surface area contributed by atoms with Crippen LogP contribution < -0.4 is 10.9 Å². The zero-order valence-electron chi connectivity index (χ0n) is 18.2. The van der Waals surface area contributed by atoms with Crippen molar-refractivity contribution in [1.29, 1.82) is 0 Å². The molecule has 0 aliphatic carbocycles. The molecule has 1 aromatic heterocycles. The maximum Gasteiger partial charge on any atom is 0.416 e. The van der Waals surface area contributed by atoms with Crippen molar-refractivity contribution in [3.8, 4) is 5.75 Å². The Hall–Kier alpha value is -3.34. The Balaban J connectivity index is 1.91. The Morgan fingerprint density at radius 1 is 1.15 bits per heavy atom. The molecule has 1 aliphatic rings. The van der Waals surface area contributed by atoms with E-state index in [-0.39, 0.29) is 25.3 Å². The van der Waals surface area contributed by atoms with Gasteiger partial charge in [0.05, 0.1) is 31.0 Å². The molecule has 0 bridgehead atoms. The van der Waals surface area contributed by atoms with Crippen molar-refractivity contribution in [3.63, 3.8) is 0 Å². The fourth-order valence-electron chi connectivity index (χ4n) is 3.35. The molecule has 1 amide bonds. The molecular formula is C22H23F3N2O6. The number of carbonyl (C=O) groups excluding carboxylic acids is 2. The second-order valence-electron chi connectivity index (χ2n) is 8.50. The Morgan fingerprint density at radius 2 is 1.79 bits per heavy atom. The van der Waals surface area contributed by atoms with Crippen LogP contribution in [-0.2, 0) is 40.2 Å². The van der Waals surface area contributed by atoms with Crippen LogP contribution in [0.3, 0.4) is 0 Å². The minimum Gasteiger partial charge on any atom is -0.506 e. The van der Waals surface area contributed by atoms with E-state index in [0.29, 0.717) is 11.3 Å². The molecule has 1 aliphatic heterocycles. The topological polar surface area (TPSA) is 107 Å². The molecule has 2 aromatic rings. The van der Waals surface area contributed by atoms with Crippen molar-refractivity contribution in [1.82, 2.24) is 9.88 Å². The van der Waals surface area contributed by atoms with Gasteiger partial charge in [-0.05, 0) is 38.5 Å². The molecule has 0 saturated carbocycles. The van der Waals surface area contributed by atoms with E-state index >= 15 is 0 Å². The summed E-state index contributed by atoms with van der Waals surface area (Å²) in [4.78, 5) is 37.6. The van der Waals surface area contributed by atoms with Crippen molar-refractivity contribution < 1.29 is 37.3 Å². The highest BCUT2D eigenvalue weighted by Crippen LogP contribution is 2.31. The fourth-order valence-corrected chi connectivity index (χ4v) is 3.35. The second kappa shape index (κ2) is 8.89. The van der Waals surface area contributed by atoms with Gasteiger partial charge in [0.2, 0.25) is 0 Å². The summed E-state index contributed by atoms with van der Waals surface area (Å²) in [5.74, 6) is -2.28. The first kappa shape index (κ1) is 24.3. The number of ether oxygens (including phenoxy) is 2. The number of carbonyl (C=O) groups is 2. The number of nitrogens with one attached hydrogen (secondary N) is 1. The lowest BCUT2D eigenvalue weighted by Crippen LogP contribution is -2.38. The normalized spacial score (nSPS) is 13.5. The van der Waals surface area contributed by atoms with E-state index in [9.17, 15) is 32.7 Å². The summed E-state index contributed by atoms with van der Waals surface area (Å²) in [6.07, 6.45) is -4.50. The summed E-state index contributed by atoms with van der Waals surface area (Å²) in [6, 6.07) is 4.25. The number of benzene rings is 1. The summed E-state index contributed by atoms with van der Waals surface area (Å²) in [6.45, 7) is 4.22. The lowest BCUT2D eigenvalue weighted by atomic mass is 10.1. The van der Waals surface area contributed by atoms with Gasteiger partial charge in [-0.15, -0.1) is 0 Å². The van der Waals surface area contributed by atoms with Crippen LogP contribution in [0.2, 0.25) is 0 Å². The molecule has 3 rings (SSSR count). The lowest BCUT2D eigenvalue weighted by Gasteiger charge is -2.20. The maximum absolute atomic E-state index is 13.1. The number of fused-ring (bicyclic) bond motifs is 1. The van der Waals surface area contributed by atoms with Crippen LogP contribution in [0, 0.1) is 0 Å². The van der Waals surface area contributed by atoms with Crippen molar-refractivity contribution in [3.05, 3.63) is 62.6 Å². The molecule has 0 fully saturated rings. The van der Waals surface area contributed by atoms with Crippen LogP contribution in [0.5, 0.6) is 5.75 Å². The number of pyridine rings is 1. The molecule has 0 atom stereocenters. The highest BCUT2D eigenvalue weighted by atomic mass is 19.4. The Morgan fingerprint density at radius 3 is 2.36 bits per heavy atom. The van der Waals surface area contributed by atoms with E-state index < -0.39 is 52.6 Å². The molecule has 0 saturated heterocycles. The van der Waals surface area contributed by atoms with Gasteiger partial charge in [-0.3, -0.25) is 14.4 Å². The van der Waals surface area contributed by atoms with Crippen LogP contribution in [0.1, 0.15) is 53.5 Å². The molecule has 2 N–H and O–H groups in total. The summed E-state index contributed by atoms with van der Waals surface area (Å²) >= 11 is 0. The van der Waals surface area contributed by atoms with E-state index in [2.05, 4.69) is 5.32 Å². The number of hydrogen-bond donors (Lipinski definition) is 2. The van der Waals surface area contributed by atoms with Crippen LogP contribution in [0.4, 0.5) is 13.2 Å². The van der Waals surface area contributed by atoms with E-state index in [1.54, 1.807) is 20.8 Å². The number of hydrogen-bond acceptors (Lipinski definition) is 6. The number of nitrogens with zero attached hydrogens (tertiary/aromatic N) is 1. The van der Waals surface area contributed by atoms with Gasteiger partial charge in [0.25, 0.3) is 11.5 Å². The highest BCUT2D eigenvalue weighted by Gasteiger charge is 2.31. The van der Waals surface area contributed by atoms with Gasteiger partial charge in [0.1, 0.15) is 23.5 Å². The highest BCUT2D eigenvalue weighted by molar-refractivity contribution is 5.98. The molecule has 8 nitrogen and oxygen atoms in total. The largest absolute Gasteiger partial charge is 0.506 e. The minimum absolute atomic E-state index is 0.0153. The van der Waals surface area contributed by atoms with Crippen LogP contribution in [0.25, 0.3) is 0 Å². The molecule has 178 valence electrons. The van der Waals surface area contributed by atoms with Crippen molar-refractivity contribution in [2.45, 2.75) is 52.3 Å². The van der Waals surface area contributed by atoms with Gasteiger partial charge in [0.15, 0.2) is 0 Å². The SMILES string of the molecule is CC(C)(C)OC(=O)CNC(=O)c1c(O)c2c(n(Cc3ccc(C(F)(F)F)cc3)c1=O)COC2. The molecule has 0 radical (unpaired) electrons. The first-order chi connectivity index (χ1) is 15.3. The summed E-state index contributed by atoms with van der Waals surface area (Å²) in [7, 11) is 0. The minimum atomic E-state index is -4.50. The zero-order chi connectivity index (χ0) is 24.6. The summed E-state index contributed by atoms with van der Waals surface area (Å²) in [5, 5.41) is 12.8. The van der Waals surface area contributed by atoms with Gasteiger partial charge in [0, 0.05) is 5.56 Å². The number of amides is 1. The van der Waals surface area contributed by atoms with Gasteiger partial charge >= 0.3 is 12.1 Å². The first-order valence-corrected chi connectivity index (χ1v) is 9.99. The van der Waals surface area contributed by atoms with E-state index in [4.69, 9.17) is 9.47 Å². The third-order valence-electron chi connectivity index (χ3n) is 4.80. The Bertz CT molecular complexity index is 1130. The third kappa shape index (κ3) is 5.54. The Labute approximate surface area is 186 Å². The van der Waals surface area contributed by atoms with E-state index in [1.165, 1.54) is 16.7 Å². The molecule has 33 heavy (non-hydrogen) atoms. The summed E-state index contributed by atoms with van der Waals surface area (Å²) in [5.41, 5.74) is -2.13. The van der Waals surface area contributed by atoms with Gasteiger partial charge < -0.3 is 24.5 Å². The second-order valence-corrected chi connectivity index (χ2v) is 8.50. The number of esters is 1. The molecule has 0 unspecified atom stereocenters. The van der Waals surface area contributed by atoms with Gasteiger partial charge in [-0.2, -0.15) is 13.2 Å². The first-order valence-electron chi connectivity index (χ1n) is 9.99. The zero-order valence-corrected chi connectivity index (χ0v) is 18.2. The van der Waals surface area contributed by atoms with Gasteiger partial charge in [-0.25, -0.2) is 0 Å². The smallest absolute Gasteiger partial charge is 0.416 e. The average molecular weight is 468 g/mol. The quantitative estimate of drug-likeness (QED) is 0.654. The van der Waals surface area contributed by atoms with Crippen molar-refractivity contribution >= 4 is 11.9 Å². The average Bonchev–Trinajstić information content (AvgIpc) is 3.18. The molecule has 2 heterocycles. The molecular weight excluding hydrogens is 445 g/mol. The number of rotatable bonds is 5. The fraction of sp³-hybridized carbons (Fsp3) is 0.409. The van der Waals surface area contributed by atoms with E-state index in [0.717, 1.165) is 12.1 Å². The lowest BCUT2D eigenvalue weighted by molar-refractivity contribution is -0.153. The molecule has 11 heteroatoms. The number of halogens is 3. The number of aromatic nitrogens is 1. The van der Waals surface area contributed by atoms with Crippen LogP contribution in [-0.4, -0.2) is 33.7 Å². The van der Waals surface area contributed by atoms with Crippen LogP contribution in [0.15, 0.2) is 29.1 Å². The number of aromatic hydroxyl groups is 1. The third-order valence-corrected chi connectivity index (χ3v) is 4.80. The number of alkyl halides is 3. The standard InChI is InChI=1S/C22H23F3N2O6/c1-21(2,3)33-16(28)8-26-19(30)17-18(29)14-10-32-11-15(14)27(20(17)31)9-12-4-6-13(7-5-12)22(23,24)25/h4-7,29H,8-11H2,1-3H3,(H,26,30). The van der Waals surface area contributed by atoms with E-state index in [1.807, 2.05) is 0 Å². The monoisotopic (exact) mass is 468 g/mol. The van der Waals surface area contributed by atoms with Crippen LogP contribution >= 0.6 is 0 Å². The maximum atomic E-state index is 13.1. The van der Waals surface area contributed by atoms with Gasteiger partial charge in [-0.1, -0.05) is 12.1 Å². The Kier molecular flexibility index (Phi) is 6.55. The van der Waals surface area contributed by atoms with Crippen molar-refractivity contribution in [2.24, 2.45) is 0 Å². The van der Waals surface area contributed by atoms with Crippen molar-refractivity contribution in [2.75, 3.05) is 6.54 Å². The predicted octanol–water partition coefficient (Wildman–Crippen LogP) is 2.72. The molecule has 0 spiro atoms. The summed E-state index contributed by atoms with van der Waals surface area (Å²) < 4.78 is 50.0. The predicted molar refractivity (Wildman–Crippen MR) is 110 cm³/mol.